The number of H-pyrrole nitrogens is 1. The number of carbonyl (C=O) groups excluding carboxylic acids is 1. The number of amides is 1. The fraction of sp³-hybridized carbons (Fsp3) is 0.560. The highest BCUT2D eigenvalue weighted by atomic mass is 16.2. The smallest absolute Gasteiger partial charge is 0.259 e. The second-order valence-electron chi connectivity index (χ2n) is 9.85. The van der Waals surface area contributed by atoms with Crippen LogP contribution in [0.4, 0.5) is 0 Å². The van der Waals surface area contributed by atoms with Crippen LogP contribution in [0.2, 0.25) is 0 Å². The van der Waals surface area contributed by atoms with E-state index in [1.807, 2.05) is 28.6 Å². The van der Waals surface area contributed by atoms with Crippen molar-refractivity contribution >= 4 is 27.7 Å². The molecule has 7 heteroatoms. The molecule has 3 aromatic rings. The highest BCUT2D eigenvalue weighted by Crippen LogP contribution is 2.33. The van der Waals surface area contributed by atoms with Gasteiger partial charge in [0.2, 0.25) is 0 Å². The molecular weight excluding hydrogens is 402 g/mol. The first-order valence-corrected chi connectivity index (χ1v) is 11.9. The maximum Gasteiger partial charge on any atom is 0.259 e. The van der Waals surface area contributed by atoms with Gasteiger partial charge in [0.05, 0.1) is 22.6 Å². The fourth-order valence-electron chi connectivity index (χ4n) is 5.18. The highest BCUT2D eigenvalue weighted by molar-refractivity contribution is 6.07. The molecule has 1 saturated carbocycles. The van der Waals surface area contributed by atoms with Crippen LogP contribution in [0.25, 0.3) is 21.8 Å². The Morgan fingerprint density at radius 1 is 1.16 bits per heavy atom. The molecule has 3 heterocycles. The molecule has 1 aromatic carbocycles. The van der Waals surface area contributed by atoms with Gasteiger partial charge in [-0.15, -0.1) is 0 Å². The fourth-order valence-corrected chi connectivity index (χ4v) is 5.18. The third-order valence-electron chi connectivity index (χ3n) is 7.20. The molecule has 0 bridgehead atoms. The summed E-state index contributed by atoms with van der Waals surface area (Å²) in [4.78, 5) is 33.9. The molecule has 1 saturated heterocycles. The number of hydrogen-bond donors (Lipinski definition) is 1. The van der Waals surface area contributed by atoms with Crippen molar-refractivity contribution in [1.82, 2.24) is 24.6 Å². The van der Waals surface area contributed by atoms with Gasteiger partial charge in [0.1, 0.15) is 0 Å². The van der Waals surface area contributed by atoms with Crippen LogP contribution in [0.15, 0.2) is 23.1 Å². The minimum atomic E-state index is -0.123. The van der Waals surface area contributed by atoms with Crippen LogP contribution in [-0.2, 0) is 6.54 Å². The van der Waals surface area contributed by atoms with Crippen LogP contribution in [0.3, 0.4) is 0 Å². The normalized spacial score (nSPS) is 22.2. The standard InChI is InChI=1S/C25H33N5O2/c1-5-8-28-12-17(4)29(13-16(28)3)25(32)19-10-20-22(9-15(19)2)27-24(31)21-11-26-30(23(20)21)14-18-6-7-18/h9-11,16-18H,5-8,12-14H2,1-4H3,(H,27,31)/t16-,17+/m1/s1. The molecule has 5 rings (SSSR count). The summed E-state index contributed by atoms with van der Waals surface area (Å²) in [5, 5.41) is 6.01. The van der Waals surface area contributed by atoms with Gasteiger partial charge in [-0.2, -0.15) is 5.10 Å². The largest absolute Gasteiger partial charge is 0.333 e. The lowest BCUT2D eigenvalue weighted by Crippen LogP contribution is -2.58. The summed E-state index contributed by atoms with van der Waals surface area (Å²) >= 11 is 0. The highest BCUT2D eigenvalue weighted by Gasteiger charge is 2.33. The third-order valence-corrected chi connectivity index (χ3v) is 7.20. The summed E-state index contributed by atoms with van der Waals surface area (Å²) in [6, 6.07) is 4.43. The van der Waals surface area contributed by atoms with E-state index in [0.717, 1.165) is 54.6 Å². The topological polar surface area (TPSA) is 74.2 Å². The predicted octanol–water partition coefficient (Wildman–Crippen LogP) is 3.54. The lowest BCUT2D eigenvalue weighted by molar-refractivity contribution is 0.0318. The SMILES string of the molecule is CCCN1C[C@H](C)N(C(=O)c2cc3c(cc2C)[nH]c(=O)c2cnn(CC4CC4)c23)C[C@H]1C. The summed E-state index contributed by atoms with van der Waals surface area (Å²) in [7, 11) is 0. The van der Waals surface area contributed by atoms with Crippen molar-refractivity contribution < 1.29 is 4.79 Å². The van der Waals surface area contributed by atoms with E-state index in [-0.39, 0.29) is 17.5 Å². The van der Waals surface area contributed by atoms with E-state index in [1.54, 1.807) is 6.20 Å². The predicted molar refractivity (Wildman–Crippen MR) is 127 cm³/mol. The van der Waals surface area contributed by atoms with Crippen LogP contribution in [0.1, 0.15) is 56.0 Å². The number of aromatic amines is 1. The molecule has 2 aromatic heterocycles. The van der Waals surface area contributed by atoms with E-state index in [4.69, 9.17) is 0 Å². The summed E-state index contributed by atoms with van der Waals surface area (Å²) < 4.78 is 1.96. The second kappa shape index (κ2) is 8.03. The number of carbonyl (C=O) groups is 1. The van der Waals surface area contributed by atoms with Crippen molar-refractivity contribution in [2.45, 2.75) is 65.6 Å². The number of nitrogens with one attached hydrogen (secondary N) is 1. The van der Waals surface area contributed by atoms with E-state index in [1.165, 1.54) is 12.8 Å². The quantitative estimate of drug-likeness (QED) is 0.665. The Labute approximate surface area is 188 Å². The van der Waals surface area contributed by atoms with Crippen LogP contribution >= 0.6 is 0 Å². The molecule has 0 radical (unpaired) electrons. The zero-order valence-corrected chi connectivity index (χ0v) is 19.5. The van der Waals surface area contributed by atoms with Gasteiger partial charge >= 0.3 is 0 Å². The summed E-state index contributed by atoms with van der Waals surface area (Å²) in [6.07, 6.45) is 5.21. The molecule has 1 N–H and O–H groups in total. The van der Waals surface area contributed by atoms with E-state index in [0.29, 0.717) is 22.9 Å². The van der Waals surface area contributed by atoms with Gasteiger partial charge in [-0.25, -0.2) is 0 Å². The van der Waals surface area contributed by atoms with Gasteiger partial charge in [0.15, 0.2) is 0 Å². The molecule has 0 spiro atoms. The molecule has 1 amide bonds. The number of nitrogens with zero attached hydrogens (tertiary/aromatic N) is 4. The Balaban J connectivity index is 1.57. The number of hydrogen-bond acceptors (Lipinski definition) is 4. The average molecular weight is 436 g/mol. The number of pyridine rings is 1. The van der Waals surface area contributed by atoms with Gasteiger partial charge in [0, 0.05) is 42.7 Å². The first-order valence-electron chi connectivity index (χ1n) is 11.9. The van der Waals surface area contributed by atoms with Crippen molar-refractivity contribution in [3.63, 3.8) is 0 Å². The first-order chi connectivity index (χ1) is 15.4. The number of benzene rings is 1. The lowest BCUT2D eigenvalue weighted by atomic mass is 10.00. The number of aromatic nitrogens is 3. The molecule has 0 unspecified atom stereocenters. The molecule has 2 atom stereocenters. The summed E-state index contributed by atoms with van der Waals surface area (Å²) in [6.45, 7) is 12.0. The maximum absolute atomic E-state index is 13.7. The van der Waals surface area contributed by atoms with Gasteiger partial charge in [-0.05, 0) is 70.2 Å². The Morgan fingerprint density at radius 3 is 2.66 bits per heavy atom. The first kappa shape index (κ1) is 21.2. The summed E-state index contributed by atoms with van der Waals surface area (Å²) in [5.41, 5.74) is 3.10. The van der Waals surface area contributed by atoms with Crippen molar-refractivity contribution in [1.29, 1.82) is 0 Å². The van der Waals surface area contributed by atoms with E-state index < -0.39 is 0 Å². The zero-order chi connectivity index (χ0) is 22.6. The minimum Gasteiger partial charge on any atom is -0.333 e. The van der Waals surface area contributed by atoms with E-state index in [2.05, 4.69) is 35.8 Å². The second-order valence-corrected chi connectivity index (χ2v) is 9.85. The number of piperazine rings is 1. The molecule has 1 aliphatic heterocycles. The van der Waals surface area contributed by atoms with Gasteiger partial charge in [-0.3, -0.25) is 19.2 Å². The monoisotopic (exact) mass is 435 g/mol. The third kappa shape index (κ3) is 3.62. The Hall–Kier alpha value is -2.67. The van der Waals surface area contributed by atoms with Gasteiger partial charge in [-0.1, -0.05) is 6.92 Å². The lowest BCUT2D eigenvalue weighted by Gasteiger charge is -2.44. The minimum absolute atomic E-state index is 0.0764. The van der Waals surface area contributed by atoms with Gasteiger partial charge in [0.25, 0.3) is 11.5 Å². The van der Waals surface area contributed by atoms with Crippen molar-refractivity contribution in [2.24, 2.45) is 5.92 Å². The Morgan fingerprint density at radius 2 is 1.94 bits per heavy atom. The molecular formula is C25H33N5O2. The number of rotatable bonds is 5. The van der Waals surface area contributed by atoms with Crippen LogP contribution in [0, 0.1) is 12.8 Å². The Kier molecular flexibility index (Phi) is 5.32. The molecule has 2 aliphatic rings. The Bertz CT molecular complexity index is 1240. The summed E-state index contributed by atoms with van der Waals surface area (Å²) in [5.74, 6) is 0.716. The van der Waals surface area contributed by atoms with E-state index >= 15 is 0 Å². The number of fused-ring (bicyclic) bond motifs is 3. The molecule has 32 heavy (non-hydrogen) atoms. The van der Waals surface area contributed by atoms with Gasteiger partial charge < -0.3 is 9.88 Å². The number of aryl methyl sites for hydroxylation is 1. The van der Waals surface area contributed by atoms with Crippen molar-refractivity contribution in [3.8, 4) is 0 Å². The molecule has 170 valence electrons. The maximum atomic E-state index is 13.7. The van der Waals surface area contributed by atoms with E-state index in [9.17, 15) is 9.59 Å². The van der Waals surface area contributed by atoms with Crippen molar-refractivity contribution in [3.05, 3.63) is 39.8 Å². The van der Waals surface area contributed by atoms with Crippen molar-refractivity contribution in [2.75, 3.05) is 19.6 Å². The van der Waals surface area contributed by atoms with Crippen LogP contribution < -0.4 is 5.56 Å². The zero-order valence-electron chi connectivity index (χ0n) is 19.5. The van der Waals surface area contributed by atoms with Crippen LogP contribution in [0.5, 0.6) is 0 Å². The molecule has 7 nitrogen and oxygen atoms in total. The molecule has 2 fully saturated rings. The average Bonchev–Trinajstić information content (AvgIpc) is 3.47. The molecule has 1 aliphatic carbocycles. The van der Waals surface area contributed by atoms with Crippen LogP contribution in [-0.4, -0.2) is 62.2 Å².